The van der Waals surface area contributed by atoms with Crippen molar-refractivity contribution in [3.8, 4) is 5.82 Å². The number of hydrogen-bond donors (Lipinski definition) is 0. The molecule has 0 aromatic carbocycles. The zero-order valence-corrected chi connectivity index (χ0v) is 17.1. The third kappa shape index (κ3) is 4.40. The standard InChI is InChI=1S/C20H28N6O3/c1-15-14-16(2)26(21-15)18-5-6-19(27)25(22-18)12-9-23-7-10-24(11-8-23)20(28)17-4-3-13-29-17/h5-6,14,17H,3-4,7-13H2,1-2H3. The number of aryl methyl sites for hydroxylation is 2. The Kier molecular flexibility index (Phi) is 5.77. The summed E-state index contributed by atoms with van der Waals surface area (Å²) in [6.45, 7) is 8.81. The van der Waals surface area contributed by atoms with E-state index >= 15 is 0 Å². The van der Waals surface area contributed by atoms with Crippen molar-refractivity contribution < 1.29 is 9.53 Å². The first-order valence-corrected chi connectivity index (χ1v) is 10.3. The summed E-state index contributed by atoms with van der Waals surface area (Å²) in [5.41, 5.74) is 1.77. The summed E-state index contributed by atoms with van der Waals surface area (Å²) < 4.78 is 8.76. The maximum absolute atomic E-state index is 12.5. The van der Waals surface area contributed by atoms with Crippen LogP contribution in [0.4, 0.5) is 0 Å². The largest absolute Gasteiger partial charge is 0.368 e. The van der Waals surface area contributed by atoms with E-state index in [9.17, 15) is 9.59 Å². The maximum Gasteiger partial charge on any atom is 0.266 e. The highest BCUT2D eigenvalue weighted by Gasteiger charge is 2.30. The first-order chi connectivity index (χ1) is 14.0. The van der Waals surface area contributed by atoms with E-state index < -0.39 is 0 Å². The van der Waals surface area contributed by atoms with Crippen LogP contribution in [0.2, 0.25) is 0 Å². The summed E-state index contributed by atoms with van der Waals surface area (Å²) in [5.74, 6) is 0.764. The van der Waals surface area contributed by atoms with Gasteiger partial charge in [0.15, 0.2) is 5.82 Å². The fraction of sp³-hybridized carbons (Fsp3) is 0.600. The Hall–Kier alpha value is -2.52. The zero-order chi connectivity index (χ0) is 20.4. The van der Waals surface area contributed by atoms with Crippen molar-refractivity contribution in [3.05, 3.63) is 39.9 Å². The number of amides is 1. The molecule has 9 heteroatoms. The Labute approximate surface area is 169 Å². The average Bonchev–Trinajstić information content (AvgIpc) is 3.37. The molecule has 2 aromatic heterocycles. The van der Waals surface area contributed by atoms with E-state index in [1.165, 1.54) is 10.7 Å². The molecule has 0 aliphatic carbocycles. The Balaban J connectivity index is 1.34. The predicted molar refractivity (Wildman–Crippen MR) is 107 cm³/mol. The molecule has 4 rings (SSSR count). The van der Waals surface area contributed by atoms with E-state index in [2.05, 4.69) is 15.1 Å². The Bertz CT molecular complexity index is 923. The van der Waals surface area contributed by atoms with E-state index in [-0.39, 0.29) is 17.6 Å². The van der Waals surface area contributed by atoms with Gasteiger partial charge in [0.25, 0.3) is 11.5 Å². The normalized spacial score (nSPS) is 20.3. The van der Waals surface area contributed by atoms with Crippen molar-refractivity contribution in [1.29, 1.82) is 0 Å². The third-order valence-electron chi connectivity index (χ3n) is 5.60. The summed E-state index contributed by atoms with van der Waals surface area (Å²) in [6, 6.07) is 5.22. The number of rotatable bonds is 5. The van der Waals surface area contributed by atoms with Gasteiger partial charge in [-0.15, -0.1) is 5.10 Å². The van der Waals surface area contributed by atoms with Crippen molar-refractivity contribution >= 4 is 5.91 Å². The minimum Gasteiger partial charge on any atom is -0.368 e. The fourth-order valence-corrected chi connectivity index (χ4v) is 3.98. The lowest BCUT2D eigenvalue weighted by Gasteiger charge is -2.35. The predicted octanol–water partition coefficient (Wildman–Crippen LogP) is 0.369. The molecule has 0 saturated carbocycles. The highest BCUT2D eigenvalue weighted by molar-refractivity contribution is 5.81. The summed E-state index contributed by atoms with van der Waals surface area (Å²) in [4.78, 5) is 28.9. The molecule has 9 nitrogen and oxygen atoms in total. The van der Waals surface area contributed by atoms with Gasteiger partial charge in [-0.05, 0) is 38.8 Å². The second-order valence-corrected chi connectivity index (χ2v) is 7.76. The number of piperazine rings is 1. The molecule has 0 radical (unpaired) electrons. The van der Waals surface area contributed by atoms with Gasteiger partial charge in [-0.2, -0.15) is 5.10 Å². The molecule has 0 spiro atoms. The monoisotopic (exact) mass is 400 g/mol. The van der Waals surface area contributed by atoms with Crippen molar-refractivity contribution in [2.24, 2.45) is 0 Å². The van der Waals surface area contributed by atoms with Crippen molar-refractivity contribution in [1.82, 2.24) is 29.4 Å². The smallest absolute Gasteiger partial charge is 0.266 e. The van der Waals surface area contributed by atoms with Gasteiger partial charge in [-0.1, -0.05) is 0 Å². The second-order valence-electron chi connectivity index (χ2n) is 7.76. The van der Waals surface area contributed by atoms with Crippen LogP contribution in [0.15, 0.2) is 23.0 Å². The maximum atomic E-state index is 12.5. The van der Waals surface area contributed by atoms with Crippen molar-refractivity contribution in [2.75, 3.05) is 39.3 Å². The van der Waals surface area contributed by atoms with Gasteiger partial charge in [0.2, 0.25) is 0 Å². The molecule has 2 fully saturated rings. The van der Waals surface area contributed by atoms with Gasteiger partial charge in [-0.3, -0.25) is 14.5 Å². The van der Waals surface area contributed by atoms with E-state index in [0.717, 1.165) is 43.9 Å². The average molecular weight is 400 g/mol. The van der Waals surface area contributed by atoms with Crippen LogP contribution < -0.4 is 5.56 Å². The van der Waals surface area contributed by atoms with E-state index in [1.807, 2.05) is 24.8 Å². The quantitative estimate of drug-likeness (QED) is 0.721. The topological polar surface area (TPSA) is 85.5 Å². The zero-order valence-electron chi connectivity index (χ0n) is 17.1. The third-order valence-corrected chi connectivity index (χ3v) is 5.60. The molecule has 0 bridgehead atoms. The summed E-state index contributed by atoms with van der Waals surface area (Å²) in [7, 11) is 0. The van der Waals surface area contributed by atoms with Gasteiger partial charge in [-0.25, -0.2) is 9.36 Å². The van der Waals surface area contributed by atoms with Gasteiger partial charge in [0.1, 0.15) is 6.10 Å². The Morgan fingerprint density at radius 2 is 1.93 bits per heavy atom. The SMILES string of the molecule is Cc1cc(C)n(-c2ccc(=O)n(CCN3CCN(C(=O)C4CCCO4)CC3)n2)n1. The van der Waals surface area contributed by atoms with Gasteiger partial charge < -0.3 is 9.64 Å². The molecule has 1 unspecified atom stereocenters. The summed E-state index contributed by atoms with van der Waals surface area (Å²) >= 11 is 0. The highest BCUT2D eigenvalue weighted by Crippen LogP contribution is 2.16. The van der Waals surface area contributed by atoms with Crippen LogP contribution in [0.1, 0.15) is 24.2 Å². The molecule has 0 N–H and O–H groups in total. The Morgan fingerprint density at radius 3 is 2.59 bits per heavy atom. The van der Waals surface area contributed by atoms with Crippen LogP contribution in [0.25, 0.3) is 5.82 Å². The first-order valence-electron chi connectivity index (χ1n) is 10.3. The van der Waals surface area contributed by atoms with Crippen LogP contribution in [0.3, 0.4) is 0 Å². The molecule has 4 heterocycles. The number of carbonyl (C=O) groups excluding carboxylic acids is 1. The van der Waals surface area contributed by atoms with Crippen LogP contribution >= 0.6 is 0 Å². The molecule has 2 aliphatic rings. The van der Waals surface area contributed by atoms with Gasteiger partial charge in [0.05, 0.1) is 12.2 Å². The van der Waals surface area contributed by atoms with Crippen molar-refractivity contribution in [3.63, 3.8) is 0 Å². The van der Waals surface area contributed by atoms with Crippen LogP contribution in [0, 0.1) is 13.8 Å². The molecular weight excluding hydrogens is 372 g/mol. The van der Waals surface area contributed by atoms with E-state index in [1.54, 1.807) is 10.7 Å². The molecule has 1 atom stereocenters. The number of carbonyl (C=O) groups is 1. The molecule has 2 aliphatic heterocycles. The van der Waals surface area contributed by atoms with E-state index in [0.29, 0.717) is 32.1 Å². The highest BCUT2D eigenvalue weighted by atomic mass is 16.5. The second kappa shape index (κ2) is 8.46. The summed E-state index contributed by atoms with van der Waals surface area (Å²) in [6.07, 6.45) is 1.55. The Morgan fingerprint density at radius 1 is 1.14 bits per heavy atom. The summed E-state index contributed by atoms with van der Waals surface area (Å²) in [5, 5.41) is 8.93. The van der Waals surface area contributed by atoms with Crippen molar-refractivity contribution in [2.45, 2.75) is 39.3 Å². The number of nitrogens with zero attached hydrogens (tertiary/aromatic N) is 6. The fourth-order valence-electron chi connectivity index (χ4n) is 3.98. The number of ether oxygens (including phenoxy) is 1. The minimum absolute atomic E-state index is 0.123. The molecule has 1 amide bonds. The van der Waals surface area contributed by atoms with Crippen LogP contribution in [-0.4, -0.2) is 80.7 Å². The van der Waals surface area contributed by atoms with Gasteiger partial charge in [0, 0.05) is 51.1 Å². The van der Waals surface area contributed by atoms with Crippen LogP contribution in [-0.2, 0) is 16.1 Å². The van der Waals surface area contributed by atoms with Gasteiger partial charge >= 0.3 is 0 Å². The minimum atomic E-state index is -0.249. The molecule has 29 heavy (non-hydrogen) atoms. The lowest BCUT2D eigenvalue weighted by Crippen LogP contribution is -2.52. The van der Waals surface area contributed by atoms with E-state index in [4.69, 9.17) is 4.74 Å². The molecule has 2 saturated heterocycles. The number of aromatic nitrogens is 4. The molecular formula is C20H28N6O3. The molecule has 2 aromatic rings. The lowest BCUT2D eigenvalue weighted by molar-refractivity contribution is -0.142. The number of hydrogen-bond acceptors (Lipinski definition) is 6. The first kappa shape index (κ1) is 19.8. The van der Waals surface area contributed by atoms with Crippen LogP contribution in [0.5, 0.6) is 0 Å². The molecule has 156 valence electrons. The lowest BCUT2D eigenvalue weighted by atomic mass is 10.2.